The summed E-state index contributed by atoms with van der Waals surface area (Å²) in [5, 5.41) is 8.00. The van der Waals surface area contributed by atoms with Crippen molar-refractivity contribution in [1.29, 1.82) is 0 Å². The van der Waals surface area contributed by atoms with Crippen LogP contribution in [0.2, 0.25) is 0 Å². The Hall–Kier alpha value is -5.60. The third-order valence-electron chi connectivity index (χ3n) is 8.54. The van der Waals surface area contributed by atoms with Crippen molar-refractivity contribution in [3.05, 3.63) is 146 Å². The van der Waals surface area contributed by atoms with E-state index >= 15 is 0 Å². The first-order valence-corrected chi connectivity index (χ1v) is 14.3. The molecule has 2 heterocycles. The summed E-state index contributed by atoms with van der Waals surface area (Å²) in [6, 6.07) is 49.5. The molecule has 0 spiro atoms. The summed E-state index contributed by atoms with van der Waals surface area (Å²) in [5.74, 6) is 0. The molecule has 9 aromatic rings. The van der Waals surface area contributed by atoms with E-state index in [-0.39, 0.29) is 0 Å². The molecule has 2 heteroatoms. The van der Waals surface area contributed by atoms with Gasteiger partial charge in [0.15, 0.2) is 0 Å². The van der Waals surface area contributed by atoms with Crippen LogP contribution in [-0.4, -0.2) is 0 Å². The highest BCUT2D eigenvalue weighted by molar-refractivity contribution is 6.28. The van der Waals surface area contributed by atoms with Gasteiger partial charge in [-0.1, -0.05) is 115 Å². The van der Waals surface area contributed by atoms with Crippen LogP contribution in [-0.2, 0) is 0 Å². The molecule has 0 radical (unpaired) electrons. The fourth-order valence-corrected chi connectivity index (χ4v) is 6.73. The summed E-state index contributed by atoms with van der Waals surface area (Å²) in [4.78, 5) is 0. The van der Waals surface area contributed by atoms with Gasteiger partial charge in [-0.2, -0.15) is 0 Å². The average Bonchev–Trinajstić information content (AvgIpc) is 3.68. The summed E-state index contributed by atoms with van der Waals surface area (Å²) < 4.78 is 12.7. The maximum atomic E-state index is 6.65. The second kappa shape index (κ2) is 8.95. The lowest BCUT2D eigenvalue weighted by atomic mass is 9.84. The Balaban J connectivity index is 1.44. The summed E-state index contributed by atoms with van der Waals surface area (Å²) in [5.41, 5.74) is 9.72. The first-order chi connectivity index (χ1) is 20.8. The van der Waals surface area contributed by atoms with E-state index in [1.165, 1.54) is 49.4 Å². The van der Waals surface area contributed by atoms with Crippen LogP contribution in [0.15, 0.2) is 155 Å². The first kappa shape index (κ1) is 23.1. The number of fused-ring (bicyclic) bond motifs is 6. The minimum atomic E-state index is 0.858. The molecule has 0 atom stereocenters. The fourth-order valence-electron chi connectivity index (χ4n) is 6.73. The van der Waals surface area contributed by atoms with Gasteiger partial charge in [0.05, 0.1) is 6.26 Å². The average molecular weight is 537 g/mol. The summed E-state index contributed by atoms with van der Waals surface area (Å²) >= 11 is 0. The Morgan fingerprint density at radius 2 is 0.929 bits per heavy atom. The van der Waals surface area contributed by atoms with Gasteiger partial charge in [-0.05, 0) is 68.1 Å². The van der Waals surface area contributed by atoms with E-state index in [1.54, 1.807) is 6.26 Å². The number of furan rings is 2. The van der Waals surface area contributed by atoms with Gasteiger partial charge in [-0.15, -0.1) is 0 Å². The normalized spacial score (nSPS) is 11.8. The zero-order chi connectivity index (χ0) is 27.6. The number of hydrogen-bond acceptors (Lipinski definition) is 2. The molecule has 2 nitrogen and oxygen atoms in total. The number of hydrogen-bond donors (Lipinski definition) is 0. The van der Waals surface area contributed by atoms with E-state index in [9.17, 15) is 0 Å². The zero-order valence-electron chi connectivity index (χ0n) is 22.7. The molecule has 0 fully saturated rings. The van der Waals surface area contributed by atoms with Gasteiger partial charge >= 0.3 is 0 Å². The Labute approximate surface area is 242 Å². The van der Waals surface area contributed by atoms with E-state index in [2.05, 4.69) is 127 Å². The molecule has 2 aromatic heterocycles. The van der Waals surface area contributed by atoms with E-state index in [0.717, 1.165) is 38.5 Å². The Morgan fingerprint density at radius 3 is 1.67 bits per heavy atom. The number of para-hydroxylation sites is 1. The van der Waals surface area contributed by atoms with E-state index in [4.69, 9.17) is 8.83 Å². The second-order valence-electron chi connectivity index (χ2n) is 10.8. The van der Waals surface area contributed by atoms with Crippen LogP contribution in [0.1, 0.15) is 0 Å². The van der Waals surface area contributed by atoms with Gasteiger partial charge in [0.2, 0.25) is 0 Å². The van der Waals surface area contributed by atoms with Crippen LogP contribution in [0, 0.1) is 0 Å². The lowest BCUT2D eigenvalue weighted by Gasteiger charge is -2.18. The third-order valence-corrected chi connectivity index (χ3v) is 8.54. The molecule has 0 saturated carbocycles. The van der Waals surface area contributed by atoms with Crippen LogP contribution < -0.4 is 0 Å². The van der Waals surface area contributed by atoms with Crippen molar-refractivity contribution >= 4 is 54.5 Å². The molecule has 7 aromatic carbocycles. The molecule has 0 aliphatic rings. The Bertz CT molecular complexity index is 2400. The molecule has 0 saturated heterocycles. The van der Waals surface area contributed by atoms with E-state index < -0.39 is 0 Å². The molecule has 0 aliphatic heterocycles. The van der Waals surface area contributed by atoms with Gasteiger partial charge in [-0.3, -0.25) is 0 Å². The topological polar surface area (TPSA) is 26.3 Å². The third kappa shape index (κ3) is 3.33. The standard InChI is InChI=1S/C40H24O2/c1-2-11-25(12-3-1)26-13-10-14-27(23-26)37-29-16-4-6-18-31(29)38(32-19-7-5-17-30(32)37)39-33-21-22-41-36(33)24-34-28-15-8-9-20-35(28)42-40(34)39/h1-24H. The van der Waals surface area contributed by atoms with Gasteiger partial charge in [0, 0.05) is 27.3 Å². The maximum Gasteiger partial charge on any atom is 0.144 e. The molecule has 0 bridgehead atoms. The van der Waals surface area contributed by atoms with Crippen molar-refractivity contribution in [1.82, 2.24) is 0 Å². The Morgan fingerprint density at radius 1 is 0.333 bits per heavy atom. The SMILES string of the molecule is c1ccc(-c2cccc(-c3c4ccccc4c(-c4c5ccoc5cc5c4oc4ccccc45)c4ccccc34)c2)cc1. The largest absolute Gasteiger partial charge is 0.464 e. The summed E-state index contributed by atoms with van der Waals surface area (Å²) in [6.45, 7) is 0. The van der Waals surface area contributed by atoms with E-state index in [0.29, 0.717) is 0 Å². The number of rotatable bonds is 3. The Kier molecular flexibility index (Phi) is 4.93. The highest BCUT2D eigenvalue weighted by atomic mass is 16.3. The molecule has 42 heavy (non-hydrogen) atoms. The van der Waals surface area contributed by atoms with Crippen LogP contribution in [0.5, 0.6) is 0 Å². The molecular formula is C40H24O2. The van der Waals surface area contributed by atoms with Gasteiger partial charge in [0.1, 0.15) is 16.7 Å². The van der Waals surface area contributed by atoms with Crippen molar-refractivity contribution in [2.45, 2.75) is 0 Å². The molecule has 196 valence electrons. The van der Waals surface area contributed by atoms with Crippen molar-refractivity contribution in [2.75, 3.05) is 0 Å². The predicted molar refractivity (Wildman–Crippen MR) is 175 cm³/mol. The molecule has 0 unspecified atom stereocenters. The van der Waals surface area contributed by atoms with Crippen LogP contribution >= 0.6 is 0 Å². The first-order valence-electron chi connectivity index (χ1n) is 14.3. The predicted octanol–water partition coefficient (Wildman–Crippen LogP) is 11.6. The summed E-state index contributed by atoms with van der Waals surface area (Å²) in [7, 11) is 0. The van der Waals surface area contributed by atoms with Gasteiger partial charge < -0.3 is 8.83 Å². The summed E-state index contributed by atoms with van der Waals surface area (Å²) in [6.07, 6.45) is 1.78. The van der Waals surface area contributed by atoms with Crippen molar-refractivity contribution in [3.8, 4) is 33.4 Å². The monoisotopic (exact) mass is 536 g/mol. The van der Waals surface area contributed by atoms with Crippen LogP contribution in [0.3, 0.4) is 0 Å². The second-order valence-corrected chi connectivity index (χ2v) is 10.8. The van der Waals surface area contributed by atoms with E-state index in [1.807, 2.05) is 12.1 Å². The lowest BCUT2D eigenvalue weighted by Crippen LogP contribution is -1.92. The fraction of sp³-hybridized carbons (Fsp3) is 0. The minimum absolute atomic E-state index is 0.858. The van der Waals surface area contributed by atoms with Gasteiger partial charge in [0.25, 0.3) is 0 Å². The quantitative estimate of drug-likeness (QED) is 0.210. The minimum Gasteiger partial charge on any atom is -0.464 e. The molecule has 0 aliphatic carbocycles. The maximum absolute atomic E-state index is 6.65. The molecule has 9 rings (SSSR count). The molecule has 0 N–H and O–H groups in total. The highest BCUT2D eigenvalue weighted by Gasteiger charge is 2.23. The van der Waals surface area contributed by atoms with Crippen molar-refractivity contribution in [2.24, 2.45) is 0 Å². The van der Waals surface area contributed by atoms with Crippen molar-refractivity contribution < 1.29 is 8.83 Å². The molecule has 0 amide bonds. The van der Waals surface area contributed by atoms with Crippen molar-refractivity contribution in [3.63, 3.8) is 0 Å². The lowest BCUT2D eigenvalue weighted by molar-refractivity contribution is 0.616. The van der Waals surface area contributed by atoms with Gasteiger partial charge in [-0.25, -0.2) is 0 Å². The highest BCUT2D eigenvalue weighted by Crippen LogP contribution is 2.49. The smallest absolute Gasteiger partial charge is 0.144 e. The molecular weight excluding hydrogens is 512 g/mol. The number of benzene rings is 7. The zero-order valence-corrected chi connectivity index (χ0v) is 22.7. The van der Waals surface area contributed by atoms with Crippen LogP contribution in [0.25, 0.3) is 87.8 Å². The van der Waals surface area contributed by atoms with Crippen LogP contribution in [0.4, 0.5) is 0 Å².